The van der Waals surface area contributed by atoms with Gasteiger partial charge >= 0.3 is 0 Å². The van der Waals surface area contributed by atoms with Crippen LogP contribution in [0.1, 0.15) is 72.5 Å². The molecule has 0 N–H and O–H groups in total. The van der Waals surface area contributed by atoms with E-state index in [0.29, 0.717) is 11.6 Å². The van der Waals surface area contributed by atoms with Gasteiger partial charge in [0, 0.05) is 42.6 Å². The monoisotopic (exact) mass is 724 g/mol. The van der Waals surface area contributed by atoms with Crippen molar-refractivity contribution in [3.05, 3.63) is 168 Å². The first-order chi connectivity index (χ1) is 27.1. The summed E-state index contributed by atoms with van der Waals surface area (Å²) in [6, 6.07) is 45.8. The molecule has 2 aromatic heterocycles. The molecular weight excluding hydrogens is 689 g/mol. The topological polar surface area (TPSA) is 62.5 Å². The van der Waals surface area contributed by atoms with Crippen LogP contribution in [-0.2, 0) is 5.41 Å². The molecule has 2 heterocycles. The van der Waals surface area contributed by atoms with Gasteiger partial charge in [0.15, 0.2) is 11.6 Å². The third kappa shape index (κ3) is 5.20. The fraction of sp³-hybridized carbons (Fsp3) is 0.160. The van der Waals surface area contributed by atoms with Crippen LogP contribution < -0.4 is 0 Å². The lowest BCUT2D eigenvalue weighted by Gasteiger charge is -2.36. The Hall–Kier alpha value is -6.22. The Morgan fingerprint density at radius 2 is 1.42 bits per heavy atom. The molecule has 1 fully saturated rings. The number of hydrogen-bond acceptors (Lipinski definition) is 5. The van der Waals surface area contributed by atoms with Gasteiger partial charge in [-0.3, -0.25) is 0 Å². The van der Waals surface area contributed by atoms with Crippen molar-refractivity contribution in [2.24, 2.45) is 0 Å². The van der Waals surface area contributed by atoms with Crippen LogP contribution in [-0.4, -0.2) is 15.0 Å². The van der Waals surface area contributed by atoms with E-state index < -0.39 is 0 Å². The van der Waals surface area contributed by atoms with E-state index in [4.69, 9.17) is 15.0 Å². The van der Waals surface area contributed by atoms with E-state index in [1.165, 1.54) is 78.2 Å². The van der Waals surface area contributed by atoms with Gasteiger partial charge in [-0.1, -0.05) is 128 Å². The first kappa shape index (κ1) is 32.2. The standard InChI is InChI=1S/C50H36N4S/c51-30-31-15-24-42-41(27-31)46-38(12-8-13-43(46)50(42)25-6-1-7-26-50)33-17-19-34(20-18-33)47-52-48(36-21-16-32-9-2-3-10-35(32)28-36)54-49(53-47)37-22-23-40-39-11-4-5-14-44(39)55-45(40)29-37/h2-5,8-19,21-24,27-29,34H,1,6-7,20,25-26H2. The number of allylic oxidation sites excluding steroid dienone is 4. The van der Waals surface area contributed by atoms with Crippen molar-refractivity contribution in [3.63, 3.8) is 0 Å². The minimum absolute atomic E-state index is 0.00307. The summed E-state index contributed by atoms with van der Waals surface area (Å²) < 4.78 is 2.51. The average Bonchev–Trinajstić information content (AvgIpc) is 3.76. The normalized spacial score (nSPS) is 17.0. The number of thiophene rings is 1. The van der Waals surface area contributed by atoms with Gasteiger partial charge < -0.3 is 0 Å². The summed E-state index contributed by atoms with van der Waals surface area (Å²) in [7, 11) is 0. The molecule has 1 unspecified atom stereocenters. The molecule has 0 radical (unpaired) electrons. The Labute approximate surface area is 324 Å². The van der Waals surface area contributed by atoms with Crippen molar-refractivity contribution >= 4 is 47.9 Å². The summed E-state index contributed by atoms with van der Waals surface area (Å²) in [5.41, 5.74) is 10.6. The summed E-state index contributed by atoms with van der Waals surface area (Å²) in [4.78, 5) is 15.5. The first-order valence-corrected chi connectivity index (χ1v) is 20.2. The molecule has 3 aliphatic rings. The lowest BCUT2D eigenvalue weighted by Crippen LogP contribution is -2.28. The van der Waals surface area contributed by atoms with Gasteiger partial charge in [-0.15, -0.1) is 11.3 Å². The molecule has 8 aromatic rings. The fourth-order valence-electron chi connectivity index (χ4n) is 9.58. The highest BCUT2D eigenvalue weighted by Crippen LogP contribution is 2.57. The summed E-state index contributed by atoms with van der Waals surface area (Å²) >= 11 is 1.81. The predicted octanol–water partition coefficient (Wildman–Crippen LogP) is 13.0. The molecule has 0 amide bonds. The Morgan fingerprint density at radius 3 is 2.25 bits per heavy atom. The Morgan fingerprint density at radius 1 is 0.636 bits per heavy atom. The number of aromatic nitrogens is 3. The van der Waals surface area contributed by atoms with Crippen LogP contribution in [0.15, 0.2) is 140 Å². The highest BCUT2D eigenvalue weighted by atomic mass is 32.1. The molecule has 1 saturated carbocycles. The van der Waals surface area contributed by atoms with Crippen LogP contribution in [0.5, 0.6) is 0 Å². The molecule has 11 rings (SSSR count). The highest BCUT2D eigenvalue weighted by Gasteiger charge is 2.44. The number of hydrogen-bond donors (Lipinski definition) is 0. The minimum Gasteiger partial charge on any atom is -0.212 e. The maximum atomic E-state index is 9.89. The van der Waals surface area contributed by atoms with Crippen LogP contribution in [0.3, 0.4) is 0 Å². The molecule has 0 saturated heterocycles. The van der Waals surface area contributed by atoms with Crippen molar-refractivity contribution in [2.75, 3.05) is 0 Å². The van der Waals surface area contributed by atoms with E-state index in [1.54, 1.807) is 0 Å². The zero-order valence-corrected chi connectivity index (χ0v) is 31.1. The van der Waals surface area contributed by atoms with Crippen molar-refractivity contribution in [1.29, 1.82) is 5.26 Å². The van der Waals surface area contributed by atoms with Gasteiger partial charge in [0.05, 0.1) is 11.6 Å². The number of rotatable bonds is 4. The van der Waals surface area contributed by atoms with Crippen molar-refractivity contribution in [2.45, 2.75) is 49.9 Å². The Balaban J connectivity index is 0.999. The van der Waals surface area contributed by atoms with Crippen molar-refractivity contribution in [3.8, 4) is 40.0 Å². The summed E-state index contributed by atoms with van der Waals surface area (Å²) in [5, 5.41) is 14.8. The Kier molecular flexibility index (Phi) is 7.44. The van der Waals surface area contributed by atoms with Crippen molar-refractivity contribution in [1.82, 2.24) is 15.0 Å². The van der Waals surface area contributed by atoms with E-state index in [0.717, 1.165) is 47.2 Å². The number of nitriles is 1. The molecule has 5 heteroatoms. The third-order valence-electron chi connectivity index (χ3n) is 12.3. The molecule has 0 bridgehead atoms. The second-order valence-electron chi connectivity index (χ2n) is 15.3. The van der Waals surface area contributed by atoms with Crippen LogP contribution in [0.4, 0.5) is 0 Å². The van der Waals surface area contributed by atoms with Gasteiger partial charge in [0.1, 0.15) is 5.82 Å². The Bertz CT molecular complexity index is 2970. The van der Waals surface area contributed by atoms with Crippen LogP contribution in [0, 0.1) is 11.3 Å². The second kappa shape index (κ2) is 12.7. The summed E-state index contributed by atoms with van der Waals surface area (Å²) in [6.07, 6.45) is 13.8. The largest absolute Gasteiger partial charge is 0.212 e. The average molecular weight is 725 g/mol. The maximum absolute atomic E-state index is 9.89. The van der Waals surface area contributed by atoms with Crippen LogP contribution in [0.2, 0.25) is 0 Å². The van der Waals surface area contributed by atoms with Gasteiger partial charge in [-0.2, -0.15) is 5.26 Å². The second-order valence-corrected chi connectivity index (χ2v) is 16.4. The van der Waals surface area contributed by atoms with Gasteiger partial charge in [-0.05, 0) is 93.8 Å². The van der Waals surface area contributed by atoms with Gasteiger partial charge in [0.25, 0.3) is 0 Å². The van der Waals surface area contributed by atoms with E-state index in [-0.39, 0.29) is 11.3 Å². The van der Waals surface area contributed by atoms with Crippen LogP contribution >= 0.6 is 11.3 Å². The zero-order chi connectivity index (χ0) is 36.5. The maximum Gasteiger partial charge on any atom is 0.163 e. The zero-order valence-electron chi connectivity index (χ0n) is 30.3. The number of fused-ring (bicyclic) bond motifs is 9. The molecule has 1 spiro atoms. The molecular formula is C50H36N4S. The number of nitrogens with zero attached hydrogens (tertiary/aromatic N) is 4. The van der Waals surface area contributed by atoms with Crippen molar-refractivity contribution < 1.29 is 0 Å². The van der Waals surface area contributed by atoms with E-state index >= 15 is 0 Å². The van der Waals surface area contributed by atoms with Gasteiger partial charge in [-0.25, -0.2) is 15.0 Å². The van der Waals surface area contributed by atoms with E-state index in [2.05, 4.69) is 140 Å². The third-order valence-corrected chi connectivity index (χ3v) is 13.4. The molecule has 262 valence electrons. The lowest BCUT2D eigenvalue weighted by atomic mass is 9.67. The summed E-state index contributed by atoms with van der Waals surface area (Å²) in [6.45, 7) is 0. The predicted molar refractivity (Wildman–Crippen MR) is 226 cm³/mol. The molecule has 1 atom stereocenters. The fourth-order valence-corrected chi connectivity index (χ4v) is 10.7. The SMILES string of the molecule is N#Cc1ccc2c(c1)-c1c(C3=CCC(c4nc(-c5ccc6ccccc6c5)nc(-c5ccc6c(c5)sc5ccccc56)n4)C=C3)cccc1C21CCCCC1. The first-order valence-electron chi connectivity index (χ1n) is 19.4. The lowest BCUT2D eigenvalue weighted by molar-refractivity contribution is 0.353. The van der Waals surface area contributed by atoms with Crippen LogP contribution in [0.25, 0.3) is 70.4 Å². The number of benzene rings is 6. The quantitative estimate of drug-likeness (QED) is 0.181. The molecule has 3 aliphatic carbocycles. The molecule has 55 heavy (non-hydrogen) atoms. The molecule has 0 aliphatic heterocycles. The minimum atomic E-state index is -0.00307. The molecule has 6 aromatic carbocycles. The smallest absolute Gasteiger partial charge is 0.163 e. The van der Waals surface area contributed by atoms with E-state index in [9.17, 15) is 5.26 Å². The molecule has 4 nitrogen and oxygen atoms in total. The van der Waals surface area contributed by atoms with E-state index in [1.807, 2.05) is 17.4 Å². The van der Waals surface area contributed by atoms with Gasteiger partial charge in [0.2, 0.25) is 0 Å². The highest BCUT2D eigenvalue weighted by molar-refractivity contribution is 7.25. The summed E-state index contributed by atoms with van der Waals surface area (Å²) in [5.74, 6) is 2.16.